The SMILES string of the molecule is COC(=O)[C@]1(C)C(=O)CCC(C)(C)[C@@H]1CCC#C[Si](C)(C)C. The molecule has 0 N–H and O–H groups in total. The van der Waals surface area contributed by atoms with E-state index in [9.17, 15) is 9.59 Å². The van der Waals surface area contributed by atoms with Crippen molar-refractivity contribution in [2.75, 3.05) is 7.11 Å². The lowest BCUT2D eigenvalue weighted by Gasteiger charge is -2.47. The number of rotatable bonds is 3. The van der Waals surface area contributed by atoms with Crippen LogP contribution in [0.4, 0.5) is 0 Å². The molecule has 0 spiro atoms. The zero-order valence-corrected chi connectivity index (χ0v) is 16.1. The zero-order valence-electron chi connectivity index (χ0n) is 15.1. The van der Waals surface area contributed by atoms with Crippen LogP contribution in [0.15, 0.2) is 0 Å². The summed E-state index contributed by atoms with van der Waals surface area (Å²) in [6, 6.07) is 0. The highest BCUT2D eigenvalue weighted by Crippen LogP contribution is 2.51. The fraction of sp³-hybridized carbons (Fsp3) is 0.778. The van der Waals surface area contributed by atoms with Gasteiger partial charge in [-0.3, -0.25) is 9.59 Å². The van der Waals surface area contributed by atoms with E-state index < -0.39 is 19.5 Å². The lowest BCUT2D eigenvalue weighted by Crippen LogP contribution is -2.53. The minimum absolute atomic E-state index is 0.0156. The van der Waals surface area contributed by atoms with Gasteiger partial charge in [0, 0.05) is 12.8 Å². The summed E-state index contributed by atoms with van der Waals surface area (Å²) in [4.78, 5) is 24.8. The van der Waals surface area contributed by atoms with E-state index in [1.54, 1.807) is 6.92 Å². The van der Waals surface area contributed by atoms with E-state index in [1.165, 1.54) is 7.11 Å². The molecule has 4 heteroatoms. The Balaban J connectivity index is 3.03. The van der Waals surface area contributed by atoms with Crippen molar-refractivity contribution in [2.45, 2.75) is 66.1 Å². The highest BCUT2D eigenvalue weighted by atomic mass is 28.3. The molecule has 0 amide bonds. The van der Waals surface area contributed by atoms with Crippen LogP contribution in [0.1, 0.15) is 46.5 Å². The predicted octanol–water partition coefficient (Wildman–Crippen LogP) is 3.83. The summed E-state index contributed by atoms with van der Waals surface area (Å²) < 4.78 is 4.96. The minimum Gasteiger partial charge on any atom is -0.468 e. The van der Waals surface area contributed by atoms with Gasteiger partial charge in [0.2, 0.25) is 0 Å². The first-order valence-corrected chi connectivity index (χ1v) is 11.6. The molecule has 0 aromatic carbocycles. The Kier molecular flexibility index (Phi) is 5.67. The van der Waals surface area contributed by atoms with Crippen LogP contribution in [-0.2, 0) is 14.3 Å². The Hall–Kier alpha value is -1.08. The Morgan fingerprint density at radius 2 is 1.91 bits per heavy atom. The normalized spacial score (nSPS) is 27.8. The summed E-state index contributed by atoms with van der Waals surface area (Å²) in [5, 5.41) is 0. The van der Waals surface area contributed by atoms with Crippen LogP contribution in [0.3, 0.4) is 0 Å². The molecule has 1 fully saturated rings. The third-order valence-corrected chi connectivity index (χ3v) is 5.77. The minimum atomic E-state index is -1.38. The van der Waals surface area contributed by atoms with E-state index >= 15 is 0 Å². The maximum atomic E-state index is 12.5. The van der Waals surface area contributed by atoms with Gasteiger partial charge in [-0.2, -0.15) is 0 Å². The molecule has 0 aliphatic heterocycles. The molecule has 2 atom stereocenters. The molecule has 0 radical (unpaired) electrons. The molecule has 1 aliphatic rings. The molecule has 0 aromatic rings. The van der Waals surface area contributed by atoms with Gasteiger partial charge in [-0.05, 0) is 31.1 Å². The molecule has 0 unspecified atom stereocenters. The first kappa shape index (κ1) is 19.0. The number of ether oxygens (including phenoxy) is 1. The van der Waals surface area contributed by atoms with Crippen molar-refractivity contribution >= 4 is 19.8 Å². The molecule has 0 aromatic heterocycles. The fourth-order valence-electron chi connectivity index (χ4n) is 3.54. The first-order chi connectivity index (χ1) is 9.95. The smallest absolute Gasteiger partial charge is 0.319 e. The van der Waals surface area contributed by atoms with E-state index in [4.69, 9.17) is 4.74 Å². The molecule has 1 rings (SSSR count). The molecule has 0 bridgehead atoms. The molecule has 22 heavy (non-hydrogen) atoms. The summed E-state index contributed by atoms with van der Waals surface area (Å²) in [5.74, 6) is 2.87. The zero-order chi connectivity index (χ0) is 17.2. The molecule has 3 nitrogen and oxygen atoms in total. The topological polar surface area (TPSA) is 43.4 Å². The first-order valence-electron chi connectivity index (χ1n) is 8.07. The molecule has 0 saturated heterocycles. The maximum Gasteiger partial charge on any atom is 0.319 e. The van der Waals surface area contributed by atoms with Crippen molar-refractivity contribution in [2.24, 2.45) is 16.7 Å². The lowest BCUT2D eigenvalue weighted by atomic mass is 9.54. The number of carbonyl (C=O) groups is 2. The number of carbonyl (C=O) groups excluding carboxylic acids is 2. The average molecular weight is 323 g/mol. The molecular weight excluding hydrogens is 292 g/mol. The summed E-state index contributed by atoms with van der Waals surface area (Å²) in [6.07, 6.45) is 2.78. The van der Waals surface area contributed by atoms with Gasteiger partial charge in [-0.1, -0.05) is 33.5 Å². The van der Waals surface area contributed by atoms with Crippen molar-refractivity contribution < 1.29 is 14.3 Å². The Labute approximate surface area is 136 Å². The molecular formula is C18H30O3Si. The quantitative estimate of drug-likeness (QED) is 0.343. The Morgan fingerprint density at radius 3 is 2.41 bits per heavy atom. The van der Waals surface area contributed by atoms with E-state index in [0.717, 1.165) is 19.3 Å². The van der Waals surface area contributed by atoms with Gasteiger partial charge in [0.15, 0.2) is 0 Å². The second-order valence-corrected chi connectivity index (χ2v) is 13.0. The molecule has 1 saturated carbocycles. The maximum absolute atomic E-state index is 12.5. The van der Waals surface area contributed by atoms with E-state index in [1.807, 2.05) is 0 Å². The number of hydrogen-bond acceptors (Lipinski definition) is 3. The van der Waals surface area contributed by atoms with Gasteiger partial charge >= 0.3 is 5.97 Å². The number of esters is 1. The van der Waals surface area contributed by atoms with Gasteiger partial charge in [0.25, 0.3) is 0 Å². The standard InChI is InChI=1S/C18H30O3Si/c1-17(2)12-11-15(19)18(3,16(20)21-4)14(17)10-8-9-13-22(5,6)7/h14H,8,10-12H2,1-7H3/t14-,18-/m0/s1. The number of methoxy groups -OCH3 is 1. The molecule has 124 valence electrons. The Morgan fingerprint density at radius 1 is 1.32 bits per heavy atom. The summed E-state index contributed by atoms with van der Waals surface area (Å²) in [7, 11) is -0.0116. The second-order valence-electron chi connectivity index (χ2n) is 8.25. The van der Waals surface area contributed by atoms with Crippen LogP contribution in [0.2, 0.25) is 19.6 Å². The van der Waals surface area contributed by atoms with Crippen LogP contribution in [0.5, 0.6) is 0 Å². The van der Waals surface area contributed by atoms with E-state index in [-0.39, 0.29) is 17.1 Å². The van der Waals surface area contributed by atoms with Crippen molar-refractivity contribution in [3.63, 3.8) is 0 Å². The summed E-state index contributed by atoms with van der Waals surface area (Å²) in [6.45, 7) is 12.7. The average Bonchev–Trinajstić information content (AvgIpc) is 2.40. The third kappa shape index (κ3) is 4.01. The summed E-state index contributed by atoms with van der Waals surface area (Å²) >= 11 is 0. The highest BCUT2D eigenvalue weighted by molar-refractivity contribution is 6.83. The largest absolute Gasteiger partial charge is 0.468 e. The number of ketones is 1. The lowest BCUT2D eigenvalue weighted by molar-refractivity contribution is -0.169. The van der Waals surface area contributed by atoms with Crippen LogP contribution in [0.25, 0.3) is 0 Å². The van der Waals surface area contributed by atoms with Crippen LogP contribution in [-0.4, -0.2) is 26.9 Å². The van der Waals surface area contributed by atoms with Gasteiger partial charge in [-0.25, -0.2) is 0 Å². The van der Waals surface area contributed by atoms with E-state index in [2.05, 4.69) is 45.0 Å². The second kappa shape index (κ2) is 6.58. The fourth-order valence-corrected chi connectivity index (χ4v) is 4.19. The monoisotopic (exact) mass is 322 g/mol. The van der Waals surface area contributed by atoms with Gasteiger partial charge in [-0.15, -0.1) is 11.5 Å². The van der Waals surface area contributed by atoms with Gasteiger partial charge in [0.05, 0.1) is 7.11 Å². The highest BCUT2D eigenvalue weighted by Gasteiger charge is 2.56. The van der Waals surface area contributed by atoms with Crippen LogP contribution >= 0.6 is 0 Å². The van der Waals surface area contributed by atoms with Crippen LogP contribution < -0.4 is 0 Å². The van der Waals surface area contributed by atoms with Crippen molar-refractivity contribution in [3.8, 4) is 11.5 Å². The van der Waals surface area contributed by atoms with E-state index in [0.29, 0.717) is 6.42 Å². The van der Waals surface area contributed by atoms with Gasteiger partial charge < -0.3 is 4.74 Å². The van der Waals surface area contributed by atoms with Crippen molar-refractivity contribution in [1.82, 2.24) is 0 Å². The number of Topliss-reactive ketones (excluding diaryl/α,β-unsaturated/α-hetero) is 1. The molecule has 0 heterocycles. The van der Waals surface area contributed by atoms with Crippen molar-refractivity contribution in [3.05, 3.63) is 0 Å². The van der Waals surface area contributed by atoms with Crippen molar-refractivity contribution in [1.29, 1.82) is 0 Å². The predicted molar refractivity (Wildman–Crippen MR) is 92.0 cm³/mol. The van der Waals surface area contributed by atoms with Gasteiger partial charge in [0.1, 0.15) is 19.3 Å². The summed E-state index contributed by atoms with van der Waals surface area (Å²) in [5.41, 5.74) is 2.27. The molecule has 1 aliphatic carbocycles. The Bertz CT molecular complexity index is 495. The number of hydrogen-bond donors (Lipinski definition) is 0. The third-order valence-electron chi connectivity index (χ3n) is 4.85. The van der Waals surface area contributed by atoms with Crippen LogP contribution in [0, 0.1) is 28.2 Å².